The van der Waals surface area contributed by atoms with Crippen LogP contribution in [-0.4, -0.2) is 68.7 Å². The van der Waals surface area contributed by atoms with E-state index in [1.807, 2.05) is 13.1 Å². The lowest BCUT2D eigenvalue weighted by molar-refractivity contribution is 0.249. The second-order valence-electron chi connectivity index (χ2n) is 8.75. The summed E-state index contributed by atoms with van der Waals surface area (Å²) in [5, 5.41) is 3.76. The Bertz CT molecular complexity index is 677. The Hall–Kier alpha value is -1.75. The third-order valence-corrected chi connectivity index (χ3v) is 7.16. The Morgan fingerprint density at radius 2 is 1.96 bits per heavy atom. The standard InChI is InChI=1S/C23H36N4O/c1-24-22(27-15-10-20(17-27)26-13-5-6-14-26)25-18-23(11-3-4-12-23)19-8-7-9-21(16-19)28-2/h7-9,16,20H,3-6,10-15,17-18H2,1-2H3,(H,24,25). The summed E-state index contributed by atoms with van der Waals surface area (Å²) in [5.74, 6) is 2.04. The lowest BCUT2D eigenvalue weighted by Gasteiger charge is -2.33. The second kappa shape index (κ2) is 8.73. The van der Waals surface area contributed by atoms with Gasteiger partial charge in [-0.25, -0.2) is 0 Å². The summed E-state index contributed by atoms with van der Waals surface area (Å²) in [4.78, 5) is 9.79. The summed E-state index contributed by atoms with van der Waals surface area (Å²) in [6.45, 7) is 5.75. The molecule has 0 bridgehead atoms. The van der Waals surface area contributed by atoms with Gasteiger partial charge in [0.25, 0.3) is 0 Å². The van der Waals surface area contributed by atoms with Gasteiger partial charge in [0.05, 0.1) is 7.11 Å². The van der Waals surface area contributed by atoms with Gasteiger partial charge in [0.1, 0.15) is 5.75 Å². The molecule has 3 fully saturated rings. The number of hydrogen-bond acceptors (Lipinski definition) is 3. The number of guanidine groups is 1. The lowest BCUT2D eigenvalue weighted by Crippen LogP contribution is -2.47. The molecule has 1 saturated carbocycles. The van der Waals surface area contributed by atoms with Crippen LogP contribution in [0.4, 0.5) is 0 Å². The first-order valence-electron chi connectivity index (χ1n) is 11.1. The topological polar surface area (TPSA) is 40.1 Å². The highest BCUT2D eigenvalue weighted by atomic mass is 16.5. The van der Waals surface area contributed by atoms with Gasteiger partial charge in [-0.05, 0) is 62.9 Å². The molecule has 2 saturated heterocycles. The number of benzene rings is 1. The molecule has 5 heteroatoms. The molecule has 4 rings (SSSR count). The molecule has 3 aliphatic rings. The first-order valence-corrected chi connectivity index (χ1v) is 11.1. The first-order chi connectivity index (χ1) is 13.7. The third-order valence-electron chi connectivity index (χ3n) is 7.16. The van der Waals surface area contributed by atoms with Crippen LogP contribution in [0, 0.1) is 0 Å². The van der Waals surface area contributed by atoms with Gasteiger partial charge in [0.2, 0.25) is 0 Å². The summed E-state index contributed by atoms with van der Waals surface area (Å²) in [5.41, 5.74) is 1.60. The van der Waals surface area contributed by atoms with Gasteiger partial charge in [-0.2, -0.15) is 0 Å². The maximum Gasteiger partial charge on any atom is 0.193 e. The fraction of sp³-hybridized carbons (Fsp3) is 0.696. The Kier molecular flexibility index (Phi) is 6.10. The zero-order valence-electron chi connectivity index (χ0n) is 17.6. The molecular formula is C23H36N4O. The molecule has 1 unspecified atom stereocenters. The number of methoxy groups -OCH3 is 1. The van der Waals surface area contributed by atoms with E-state index in [4.69, 9.17) is 4.74 Å². The minimum atomic E-state index is 0.193. The van der Waals surface area contributed by atoms with Gasteiger partial charge in [-0.15, -0.1) is 0 Å². The Balaban J connectivity index is 1.42. The van der Waals surface area contributed by atoms with Crippen molar-refractivity contribution >= 4 is 5.96 Å². The molecule has 1 atom stereocenters. The van der Waals surface area contributed by atoms with E-state index in [9.17, 15) is 0 Å². The van der Waals surface area contributed by atoms with Crippen molar-refractivity contribution in [1.29, 1.82) is 0 Å². The molecule has 0 amide bonds. The van der Waals surface area contributed by atoms with Gasteiger partial charge < -0.3 is 15.0 Å². The van der Waals surface area contributed by atoms with Crippen molar-refractivity contribution in [3.63, 3.8) is 0 Å². The normalized spacial score (nSPS) is 25.4. The van der Waals surface area contributed by atoms with Crippen LogP contribution in [0.1, 0.15) is 50.5 Å². The number of likely N-dealkylation sites (tertiary alicyclic amines) is 2. The van der Waals surface area contributed by atoms with Gasteiger partial charge >= 0.3 is 0 Å². The molecule has 2 heterocycles. The van der Waals surface area contributed by atoms with Crippen LogP contribution < -0.4 is 10.1 Å². The summed E-state index contributed by atoms with van der Waals surface area (Å²) < 4.78 is 5.49. The van der Waals surface area contributed by atoms with Gasteiger partial charge in [-0.1, -0.05) is 25.0 Å². The van der Waals surface area contributed by atoms with E-state index in [2.05, 4.69) is 38.3 Å². The largest absolute Gasteiger partial charge is 0.497 e. The quantitative estimate of drug-likeness (QED) is 0.625. The number of aliphatic imine (C=N–C) groups is 1. The highest BCUT2D eigenvalue weighted by Crippen LogP contribution is 2.41. The molecule has 154 valence electrons. The average Bonchev–Trinajstić information content (AvgIpc) is 3.49. The molecule has 5 nitrogen and oxygen atoms in total. The molecule has 1 aliphatic carbocycles. The van der Waals surface area contributed by atoms with E-state index in [-0.39, 0.29) is 5.41 Å². The number of rotatable bonds is 5. The fourth-order valence-corrected chi connectivity index (χ4v) is 5.49. The molecule has 28 heavy (non-hydrogen) atoms. The number of nitrogens with one attached hydrogen (secondary N) is 1. The minimum Gasteiger partial charge on any atom is -0.497 e. The van der Waals surface area contributed by atoms with Crippen LogP contribution in [0.5, 0.6) is 5.75 Å². The maximum absolute atomic E-state index is 5.49. The van der Waals surface area contributed by atoms with E-state index >= 15 is 0 Å². The summed E-state index contributed by atoms with van der Waals surface area (Å²) in [6.07, 6.45) is 9.08. The van der Waals surface area contributed by atoms with Gasteiger partial charge in [0.15, 0.2) is 5.96 Å². The number of ether oxygens (including phenoxy) is 1. The van der Waals surface area contributed by atoms with Crippen LogP contribution in [0.3, 0.4) is 0 Å². The van der Waals surface area contributed by atoms with E-state index in [1.54, 1.807) is 7.11 Å². The Morgan fingerprint density at radius 3 is 2.68 bits per heavy atom. The van der Waals surface area contributed by atoms with E-state index in [1.165, 1.54) is 63.6 Å². The maximum atomic E-state index is 5.49. The predicted molar refractivity (Wildman–Crippen MR) is 115 cm³/mol. The van der Waals surface area contributed by atoms with Crippen molar-refractivity contribution in [3.8, 4) is 5.75 Å². The molecule has 2 aliphatic heterocycles. The monoisotopic (exact) mass is 384 g/mol. The van der Waals surface area contributed by atoms with Crippen molar-refractivity contribution in [3.05, 3.63) is 29.8 Å². The van der Waals surface area contributed by atoms with Crippen LogP contribution in [0.2, 0.25) is 0 Å². The van der Waals surface area contributed by atoms with E-state index in [0.717, 1.165) is 31.3 Å². The zero-order chi connectivity index (χ0) is 19.4. The van der Waals surface area contributed by atoms with Gasteiger partial charge in [-0.3, -0.25) is 9.89 Å². The number of hydrogen-bond donors (Lipinski definition) is 1. The summed E-state index contributed by atoms with van der Waals surface area (Å²) in [7, 11) is 3.68. The van der Waals surface area contributed by atoms with E-state index in [0.29, 0.717) is 6.04 Å². The highest BCUT2D eigenvalue weighted by Gasteiger charge is 2.37. The third kappa shape index (κ3) is 4.00. The summed E-state index contributed by atoms with van der Waals surface area (Å²) in [6, 6.07) is 9.39. The second-order valence-corrected chi connectivity index (χ2v) is 8.75. The zero-order valence-corrected chi connectivity index (χ0v) is 17.6. The number of nitrogens with zero attached hydrogens (tertiary/aromatic N) is 3. The van der Waals surface area contributed by atoms with Crippen LogP contribution in [0.25, 0.3) is 0 Å². The van der Waals surface area contributed by atoms with Crippen molar-refractivity contribution in [2.75, 3.05) is 46.9 Å². The molecular weight excluding hydrogens is 348 g/mol. The van der Waals surface area contributed by atoms with E-state index < -0.39 is 0 Å². The predicted octanol–water partition coefficient (Wildman–Crippen LogP) is 3.25. The molecule has 1 aromatic carbocycles. The van der Waals surface area contributed by atoms with Gasteiger partial charge in [0, 0.05) is 38.1 Å². The van der Waals surface area contributed by atoms with Crippen LogP contribution >= 0.6 is 0 Å². The smallest absolute Gasteiger partial charge is 0.193 e. The molecule has 1 aromatic rings. The SMILES string of the molecule is CN=C(NCC1(c2cccc(OC)c2)CCCC1)N1CCC(N2CCCC2)C1. The van der Waals surface area contributed by atoms with Crippen molar-refractivity contribution < 1.29 is 4.74 Å². The lowest BCUT2D eigenvalue weighted by atomic mass is 9.78. The fourth-order valence-electron chi connectivity index (χ4n) is 5.49. The molecule has 1 N–H and O–H groups in total. The van der Waals surface area contributed by atoms with Crippen molar-refractivity contribution in [2.24, 2.45) is 4.99 Å². The Morgan fingerprint density at radius 1 is 1.18 bits per heavy atom. The molecule has 0 aromatic heterocycles. The molecule has 0 radical (unpaired) electrons. The van der Waals surface area contributed by atoms with Crippen molar-refractivity contribution in [2.45, 2.75) is 56.4 Å². The summed E-state index contributed by atoms with van der Waals surface area (Å²) >= 11 is 0. The average molecular weight is 385 g/mol. The van der Waals surface area contributed by atoms with Crippen LogP contribution in [0.15, 0.2) is 29.3 Å². The molecule has 0 spiro atoms. The van der Waals surface area contributed by atoms with Crippen LogP contribution in [-0.2, 0) is 5.41 Å². The minimum absolute atomic E-state index is 0.193. The van der Waals surface area contributed by atoms with Crippen molar-refractivity contribution in [1.82, 2.24) is 15.1 Å². The Labute approximate surface area is 170 Å². The highest BCUT2D eigenvalue weighted by molar-refractivity contribution is 5.80. The first kappa shape index (κ1) is 19.6.